The number of nitrogens with one attached hydrogen (secondary N) is 3. The smallest absolute Gasteiger partial charge is 0.269 e. The highest BCUT2D eigenvalue weighted by atomic mass is 16.5. The fourth-order valence-electron chi connectivity index (χ4n) is 3.21. The number of anilines is 2. The van der Waals surface area contributed by atoms with Gasteiger partial charge in [0.05, 0.1) is 19.9 Å². The van der Waals surface area contributed by atoms with E-state index >= 15 is 0 Å². The molecule has 0 aliphatic carbocycles. The number of carbonyl (C=O) groups is 1. The van der Waals surface area contributed by atoms with E-state index in [1.165, 1.54) is 0 Å². The van der Waals surface area contributed by atoms with E-state index in [1.807, 2.05) is 38.1 Å². The Hall–Kier alpha value is -3.82. The first-order valence-corrected chi connectivity index (χ1v) is 10.3. The van der Waals surface area contributed by atoms with Crippen LogP contribution in [0.25, 0.3) is 11.3 Å². The van der Waals surface area contributed by atoms with Crippen molar-refractivity contribution in [1.29, 1.82) is 0 Å². The molecule has 0 aliphatic heterocycles. The number of hydrogen-bond donors (Lipinski definition) is 3. The second kappa shape index (κ2) is 10.5. The number of aryl methyl sites for hydroxylation is 2. The van der Waals surface area contributed by atoms with Crippen LogP contribution in [-0.2, 0) is 7.05 Å². The van der Waals surface area contributed by atoms with Gasteiger partial charge in [0.1, 0.15) is 34.7 Å². The lowest BCUT2D eigenvalue weighted by atomic mass is 10.1. The third kappa shape index (κ3) is 5.45. The second-order valence-electron chi connectivity index (χ2n) is 7.00. The van der Waals surface area contributed by atoms with Crippen molar-refractivity contribution in [3.8, 4) is 22.8 Å². The maximum Gasteiger partial charge on any atom is 0.269 e. The minimum absolute atomic E-state index is 0.220. The number of rotatable bonds is 10. The van der Waals surface area contributed by atoms with E-state index in [2.05, 4.69) is 31.0 Å². The fraction of sp³-hybridized carbons (Fsp3) is 0.364. The zero-order chi connectivity index (χ0) is 23.1. The normalized spacial score (nSPS) is 10.5. The third-order valence-corrected chi connectivity index (χ3v) is 4.71. The highest BCUT2D eigenvalue weighted by molar-refractivity contribution is 5.94. The summed E-state index contributed by atoms with van der Waals surface area (Å²) in [6.07, 6.45) is 0. The van der Waals surface area contributed by atoms with E-state index in [-0.39, 0.29) is 5.91 Å². The van der Waals surface area contributed by atoms with Gasteiger partial charge in [0.25, 0.3) is 5.91 Å². The van der Waals surface area contributed by atoms with Crippen molar-refractivity contribution in [3.05, 3.63) is 41.9 Å². The molecule has 1 aromatic carbocycles. The van der Waals surface area contributed by atoms with Crippen LogP contribution in [0.5, 0.6) is 11.5 Å². The van der Waals surface area contributed by atoms with Gasteiger partial charge in [-0.1, -0.05) is 0 Å². The van der Waals surface area contributed by atoms with E-state index < -0.39 is 0 Å². The number of amides is 1. The summed E-state index contributed by atoms with van der Waals surface area (Å²) >= 11 is 0. The summed E-state index contributed by atoms with van der Waals surface area (Å²) in [5, 5.41) is 13.8. The minimum atomic E-state index is -0.220. The Kier molecular flexibility index (Phi) is 7.48. The third-order valence-electron chi connectivity index (χ3n) is 4.71. The average molecular weight is 440 g/mol. The van der Waals surface area contributed by atoms with Crippen molar-refractivity contribution in [3.63, 3.8) is 0 Å². The predicted octanol–water partition coefficient (Wildman–Crippen LogP) is 2.48. The lowest BCUT2D eigenvalue weighted by Crippen LogP contribution is -2.30. The Balaban J connectivity index is 1.63. The number of methoxy groups -OCH3 is 2. The highest BCUT2D eigenvalue weighted by Crippen LogP contribution is 2.32. The number of hydrogen-bond acceptors (Lipinski definition) is 8. The second-order valence-corrected chi connectivity index (χ2v) is 7.00. The summed E-state index contributed by atoms with van der Waals surface area (Å²) < 4.78 is 12.3. The summed E-state index contributed by atoms with van der Waals surface area (Å²) in [6, 6.07) is 9.03. The van der Waals surface area contributed by atoms with Crippen LogP contribution in [0.2, 0.25) is 0 Å². The van der Waals surface area contributed by atoms with Gasteiger partial charge in [0.2, 0.25) is 0 Å². The number of ether oxygens (including phenoxy) is 2. The predicted molar refractivity (Wildman–Crippen MR) is 124 cm³/mol. The van der Waals surface area contributed by atoms with Crippen molar-refractivity contribution in [1.82, 2.24) is 25.1 Å². The Bertz CT molecular complexity index is 1080. The van der Waals surface area contributed by atoms with Crippen molar-refractivity contribution in [2.75, 3.05) is 44.5 Å². The molecule has 3 N–H and O–H groups in total. The van der Waals surface area contributed by atoms with Gasteiger partial charge in [-0.15, -0.1) is 0 Å². The molecule has 170 valence electrons. The molecule has 2 aromatic heterocycles. The molecule has 0 radical (unpaired) electrons. The summed E-state index contributed by atoms with van der Waals surface area (Å²) in [7, 11) is 4.92. The maximum atomic E-state index is 12.7. The van der Waals surface area contributed by atoms with Crippen molar-refractivity contribution < 1.29 is 14.3 Å². The van der Waals surface area contributed by atoms with Gasteiger partial charge in [-0.25, -0.2) is 9.97 Å². The topological polar surface area (TPSA) is 115 Å². The van der Waals surface area contributed by atoms with Crippen molar-refractivity contribution >= 4 is 17.5 Å². The van der Waals surface area contributed by atoms with Crippen LogP contribution in [0.1, 0.15) is 23.2 Å². The standard InChI is InChI=1S/C22H29N7O3/c1-6-23-20-13-21(27-14(2)26-20)24-9-10-25-22(30)18-12-17(28-29(18)3)16-11-15(31-4)7-8-19(16)32-5/h7-8,11-13H,6,9-10H2,1-5H3,(H,25,30)(H2,23,24,26,27). The summed E-state index contributed by atoms with van der Waals surface area (Å²) in [5.41, 5.74) is 1.81. The van der Waals surface area contributed by atoms with Gasteiger partial charge in [-0.3, -0.25) is 9.48 Å². The molecular formula is C22H29N7O3. The fourth-order valence-corrected chi connectivity index (χ4v) is 3.21. The molecule has 10 nitrogen and oxygen atoms in total. The first kappa shape index (κ1) is 22.9. The van der Waals surface area contributed by atoms with Crippen LogP contribution in [0.4, 0.5) is 11.6 Å². The minimum Gasteiger partial charge on any atom is -0.497 e. The molecule has 2 heterocycles. The van der Waals surface area contributed by atoms with E-state index in [0.29, 0.717) is 47.6 Å². The monoisotopic (exact) mass is 439 g/mol. The molecule has 3 aromatic rings. The molecule has 1 amide bonds. The van der Waals surface area contributed by atoms with Gasteiger partial charge < -0.3 is 25.4 Å². The Labute approximate surface area is 187 Å². The molecule has 32 heavy (non-hydrogen) atoms. The number of carbonyl (C=O) groups excluding carboxylic acids is 1. The number of nitrogens with zero attached hydrogens (tertiary/aromatic N) is 4. The molecular weight excluding hydrogens is 410 g/mol. The van der Waals surface area contributed by atoms with E-state index in [1.54, 1.807) is 32.0 Å². The molecule has 10 heteroatoms. The quantitative estimate of drug-likeness (QED) is 0.413. The van der Waals surface area contributed by atoms with E-state index in [9.17, 15) is 4.79 Å². The van der Waals surface area contributed by atoms with Crippen molar-refractivity contribution in [2.45, 2.75) is 13.8 Å². The van der Waals surface area contributed by atoms with Gasteiger partial charge >= 0.3 is 0 Å². The summed E-state index contributed by atoms with van der Waals surface area (Å²) in [5.74, 6) is 3.25. The first-order chi connectivity index (χ1) is 15.4. The lowest BCUT2D eigenvalue weighted by molar-refractivity contribution is 0.0946. The Morgan fingerprint density at radius 1 is 1.03 bits per heavy atom. The molecule has 0 fully saturated rings. The van der Waals surface area contributed by atoms with Crippen LogP contribution in [-0.4, -0.2) is 59.5 Å². The SMILES string of the molecule is CCNc1cc(NCCNC(=O)c2cc(-c3cc(OC)ccc3OC)nn2C)nc(C)n1. The summed E-state index contributed by atoms with van der Waals surface area (Å²) in [4.78, 5) is 21.4. The molecule has 0 saturated heterocycles. The van der Waals surface area contributed by atoms with E-state index in [0.717, 1.165) is 17.9 Å². The van der Waals surface area contributed by atoms with Gasteiger partial charge in [-0.05, 0) is 38.1 Å². The average Bonchev–Trinajstić information content (AvgIpc) is 3.17. The zero-order valence-corrected chi connectivity index (χ0v) is 19.0. The van der Waals surface area contributed by atoms with Gasteiger partial charge in [0, 0.05) is 38.3 Å². The Morgan fingerprint density at radius 2 is 1.78 bits per heavy atom. The summed E-state index contributed by atoms with van der Waals surface area (Å²) in [6.45, 7) is 5.56. The molecule has 0 bridgehead atoms. The van der Waals surface area contributed by atoms with Gasteiger partial charge in [-0.2, -0.15) is 5.10 Å². The number of benzene rings is 1. The van der Waals surface area contributed by atoms with Crippen LogP contribution in [0.3, 0.4) is 0 Å². The largest absolute Gasteiger partial charge is 0.497 e. The Morgan fingerprint density at radius 3 is 2.47 bits per heavy atom. The lowest BCUT2D eigenvalue weighted by Gasteiger charge is -2.10. The molecule has 0 saturated carbocycles. The van der Waals surface area contributed by atoms with Crippen molar-refractivity contribution in [2.24, 2.45) is 7.05 Å². The number of aromatic nitrogens is 4. The van der Waals surface area contributed by atoms with Gasteiger partial charge in [0.15, 0.2) is 0 Å². The molecule has 0 unspecified atom stereocenters. The molecule has 0 aliphatic rings. The highest BCUT2D eigenvalue weighted by Gasteiger charge is 2.17. The van der Waals surface area contributed by atoms with Crippen LogP contribution in [0, 0.1) is 6.92 Å². The molecule has 0 atom stereocenters. The first-order valence-electron chi connectivity index (χ1n) is 10.3. The molecule has 3 rings (SSSR count). The zero-order valence-electron chi connectivity index (χ0n) is 19.0. The molecule has 0 spiro atoms. The van der Waals surface area contributed by atoms with E-state index in [4.69, 9.17) is 9.47 Å². The maximum absolute atomic E-state index is 12.7. The van der Waals surface area contributed by atoms with Crippen LogP contribution < -0.4 is 25.4 Å². The van der Waals surface area contributed by atoms with Crippen LogP contribution >= 0.6 is 0 Å². The van der Waals surface area contributed by atoms with Crippen LogP contribution in [0.15, 0.2) is 30.3 Å².